The quantitative estimate of drug-likeness (QED) is 0.185. The highest BCUT2D eigenvalue weighted by Crippen LogP contribution is 2.51. The van der Waals surface area contributed by atoms with Gasteiger partial charge in [0.2, 0.25) is 0 Å². The number of nitrogens with zero attached hydrogens (tertiary/aromatic N) is 2. The number of anilines is 5. The first-order valence-electron chi connectivity index (χ1n) is 16.7. The number of hydrogen-bond acceptors (Lipinski definition) is 2. The maximum absolute atomic E-state index is 6.36. The van der Waals surface area contributed by atoms with Crippen molar-refractivity contribution in [2.24, 2.45) is 0 Å². The van der Waals surface area contributed by atoms with Gasteiger partial charge in [-0.2, -0.15) is 0 Å². The molecule has 0 amide bonds. The second-order valence-electron chi connectivity index (χ2n) is 13.5. The molecule has 0 saturated heterocycles. The summed E-state index contributed by atoms with van der Waals surface area (Å²) < 4.78 is 0. The zero-order valence-electron chi connectivity index (χ0n) is 27.1. The number of hydrogen-bond donors (Lipinski definition) is 0. The zero-order valence-corrected chi connectivity index (χ0v) is 27.8. The Kier molecular flexibility index (Phi) is 6.71. The van der Waals surface area contributed by atoms with E-state index in [0.29, 0.717) is 6.04 Å². The third-order valence-corrected chi connectivity index (χ3v) is 10.7. The second kappa shape index (κ2) is 11.1. The highest BCUT2D eigenvalue weighted by Gasteiger charge is 2.37. The van der Waals surface area contributed by atoms with Gasteiger partial charge >= 0.3 is 0 Å². The number of para-hydroxylation sites is 2. The van der Waals surface area contributed by atoms with E-state index in [2.05, 4.69) is 169 Å². The van der Waals surface area contributed by atoms with E-state index in [1.807, 2.05) is 12.1 Å². The molecule has 2 aliphatic carbocycles. The summed E-state index contributed by atoms with van der Waals surface area (Å²) in [5, 5.41) is 0.731. The molecule has 0 radical (unpaired) electrons. The van der Waals surface area contributed by atoms with E-state index in [4.69, 9.17) is 11.6 Å². The predicted molar refractivity (Wildman–Crippen MR) is 203 cm³/mol. The van der Waals surface area contributed by atoms with Crippen LogP contribution in [0.4, 0.5) is 28.4 Å². The van der Waals surface area contributed by atoms with Gasteiger partial charge in [-0.1, -0.05) is 110 Å². The number of benzene rings is 6. The molecule has 1 atom stereocenters. The Hall–Kier alpha value is -5.31. The smallest absolute Gasteiger partial charge is 0.0633 e. The highest BCUT2D eigenvalue weighted by molar-refractivity contribution is 6.30. The fraction of sp³-hybridized carbons (Fsp3) is 0.111. The molecule has 3 heteroatoms. The Bertz CT molecular complexity index is 2240. The van der Waals surface area contributed by atoms with Crippen molar-refractivity contribution in [3.63, 3.8) is 0 Å². The minimum atomic E-state index is -0.0781. The summed E-state index contributed by atoms with van der Waals surface area (Å²) in [5.74, 6) is 0. The predicted octanol–water partition coefficient (Wildman–Crippen LogP) is 12.5. The molecule has 1 aliphatic heterocycles. The van der Waals surface area contributed by atoms with Gasteiger partial charge in [0.05, 0.1) is 6.04 Å². The molecule has 0 N–H and O–H groups in total. The van der Waals surface area contributed by atoms with Crippen LogP contribution in [0, 0.1) is 0 Å². The maximum Gasteiger partial charge on any atom is 0.0633 e. The lowest BCUT2D eigenvalue weighted by Gasteiger charge is -2.30. The standard InChI is InChI=1S/C45H35ClN2/c1-45(2)41-14-8-6-12-37(41)38-26-25-36(29-42(38)45)47(35-23-19-32(46)20-24-35)34-21-16-30(17-22-34)31-18-27-44-40(28-31)39-13-7-9-15-43(39)48(44)33-10-4-3-5-11-33/h3-26,28-29,44H,27H2,1-2H3. The van der Waals surface area contributed by atoms with Crippen LogP contribution in [-0.4, -0.2) is 6.04 Å². The van der Waals surface area contributed by atoms with Crippen molar-refractivity contribution >= 4 is 51.2 Å². The molecule has 0 spiro atoms. The van der Waals surface area contributed by atoms with E-state index in [-0.39, 0.29) is 5.41 Å². The molecule has 0 fully saturated rings. The molecule has 1 unspecified atom stereocenters. The Labute approximate surface area is 287 Å². The van der Waals surface area contributed by atoms with Gasteiger partial charge in [0.25, 0.3) is 0 Å². The van der Waals surface area contributed by atoms with Crippen molar-refractivity contribution in [1.82, 2.24) is 0 Å². The lowest BCUT2D eigenvalue weighted by Crippen LogP contribution is -2.27. The van der Waals surface area contributed by atoms with Gasteiger partial charge in [0.1, 0.15) is 0 Å². The van der Waals surface area contributed by atoms with Crippen LogP contribution in [-0.2, 0) is 5.41 Å². The second-order valence-corrected chi connectivity index (χ2v) is 13.9. The van der Waals surface area contributed by atoms with Crippen molar-refractivity contribution in [1.29, 1.82) is 0 Å². The van der Waals surface area contributed by atoms with E-state index in [0.717, 1.165) is 28.5 Å². The first-order valence-corrected chi connectivity index (χ1v) is 17.1. The van der Waals surface area contributed by atoms with Crippen molar-refractivity contribution in [2.45, 2.75) is 31.7 Å². The average molecular weight is 639 g/mol. The van der Waals surface area contributed by atoms with Crippen molar-refractivity contribution in [2.75, 3.05) is 9.80 Å². The summed E-state index contributed by atoms with van der Waals surface area (Å²) in [6, 6.07) is 52.8. The Morgan fingerprint density at radius 1 is 0.625 bits per heavy atom. The topological polar surface area (TPSA) is 6.48 Å². The largest absolute Gasteiger partial charge is 0.333 e. The third-order valence-electron chi connectivity index (χ3n) is 10.4. The van der Waals surface area contributed by atoms with Gasteiger partial charge in [-0.3, -0.25) is 0 Å². The monoisotopic (exact) mass is 638 g/mol. The van der Waals surface area contributed by atoms with Gasteiger partial charge in [-0.15, -0.1) is 0 Å². The fourth-order valence-corrected chi connectivity index (χ4v) is 8.19. The number of halogens is 1. The molecule has 1 heterocycles. The van der Waals surface area contributed by atoms with Crippen LogP contribution in [0.25, 0.3) is 22.3 Å². The molecule has 2 nitrogen and oxygen atoms in total. The Balaban J connectivity index is 1.08. The summed E-state index contributed by atoms with van der Waals surface area (Å²) in [6.45, 7) is 4.67. The van der Waals surface area contributed by atoms with Crippen LogP contribution in [0.15, 0.2) is 158 Å². The normalized spacial score (nSPS) is 16.7. The Morgan fingerprint density at radius 3 is 2.02 bits per heavy atom. The minimum Gasteiger partial charge on any atom is -0.333 e. The zero-order chi connectivity index (χ0) is 32.4. The Morgan fingerprint density at radius 2 is 1.25 bits per heavy atom. The van der Waals surface area contributed by atoms with Gasteiger partial charge in [-0.25, -0.2) is 0 Å². The maximum atomic E-state index is 6.36. The molecule has 6 aromatic carbocycles. The number of fused-ring (bicyclic) bond motifs is 6. The summed E-state index contributed by atoms with van der Waals surface area (Å²) in [5.41, 5.74) is 16.4. The van der Waals surface area contributed by atoms with E-state index in [1.54, 1.807) is 0 Å². The number of rotatable bonds is 5. The van der Waals surface area contributed by atoms with E-state index >= 15 is 0 Å². The van der Waals surface area contributed by atoms with Crippen molar-refractivity contribution < 1.29 is 0 Å². The molecular formula is C45H35ClN2. The summed E-state index contributed by atoms with van der Waals surface area (Å²) in [6.07, 6.45) is 5.76. The highest BCUT2D eigenvalue weighted by atomic mass is 35.5. The molecular weight excluding hydrogens is 604 g/mol. The first kappa shape index (κ1) is 28.9. The van der Waals surface area contributed by atoms with Gasteiger partial charge in [0, 0.05) is 44.4 Å². The van der Waals surface area contributed by atoms with E-state index in [9.17, 15) is 0 Å². The fourth-order valence-electron chi connectivity index (χ4n) is 8.07. The summed E-state index contributed by atoms with van der Waals surface area (Å²) in [4.78, 5) is 4.84. The van der Waals surface area contributed by atoms with Crippen molar-refractivity contribution in [3.8, 4) is 11.1 Å². The van der Waals surface area contributed by atoms with Gasteiger partial charge in [0.15, 0.2) is 0 Å². The van der Waals surface area contributed by atoms with Crippen molar-refractivity contribution in [3.05, 3.63) is 185 Å². The van der Waals surface area contributed by atoms with Crippen LogP contribution in [0.2, 0.25) is 5.02 Å². The molecule has 9 rings (SSSR count). The third kappa shape index (κ3) is 4.55. The molecule has 232 valence electrons. The van der Waals surface area contributed by atoms with Crippen LogP contribution >= 0.6 is 11.6 Å². The van der Waals surface area contributed by atoms with Gasteiger partial charge in [-0.05, 0) is 118 Å². The molecule has 0 bridgehead atoms. The van der Waals surface area contributed by atoms with Gasteiger partial charge < -0.3 is 9.80 Å². The van der Waals surface area contributed by atoms with Crippen LogP contribution in [0.3, 0.4) is 0 Å². The molecule has 0 aromatic heterocycles. The molecule has 48 heavy (non-hydrogen) atoms. The lowest BCUT2D eigenvalue weighted by atomic mass is 9.82. The first-order chi connectivity index (χ1) is 23.5. The van der Waals surface area contributed by atoms with E-state index in [1.165, 1.54) is 55.9 Å². The SMILES string of the molecule is CC1(C)c2ccccc2-c2ccc(N(c3ccc(Cl)cc3)c3ccc(C4=CCC5C(=C4)c4ccccc4N5c4ccccc4)cc3)cc21. The summed E-state index contributed by atoms with van der Waals surface area (Å²) in [7, 11) is 0. The molecule has 0 saturated carbocycles. The minimum absolute atomic E-state index is 0.0781. The van der Waals surface area contributed by atoms with Crippen LogP contribution in [0.1, 0.15) is 42.5 Å². The summed E-state index contributed by atoms with van der Waals surface area (Å²) >= 11 is 6.36. The number of allylic oxidation sites excluding steroid dienone is 2. The molecule has 6 aromatic rings. The lowest BCUT2D eigenvalue weighted by molar-refractivity contribution is 0.660. The van der Waals surface area contributed by atoms with Crippen LogP contribution < -0.4 is 9.80 Å². The average Bonchev–Trinajstić information content (AvgIpc) is 3.58. The van der Waals surface area contributed by atoms with Crippen LogP contribution in [0.5, 0.6) is 0 Å². The molecule has 3 aliphatic rings. The van der Waals surface area contributed by atoms with E-state index < -0.39 is 0 Å².